The number of rotatable bonds is 7. The molecule has 3 amide bonds. The molecule has 3 N–H and O–H groups in total. The second-order valence-corrected chi connectivity index (χ2v) is 6.03. The Kier molecular flexibility index (Phi) is 7.02. The van der Waals surface area contributed by atoms with E-state index in [-0.39, 0.29) is 30.9 Å². The van der Waals surface area contributed by atoms with Gasteiger partial charge in [-0.2, -0.15) is 0 Å². The fourth-order valence-corrected chi connectivity index (χ4v) is 2.57. The lowest BCUT2D eigenvalue weighted by molar-refractivity contribution is -0.121. The van der Waals surface area contributed by atoms with E-state index in [0.29, 0.717) is 5.69 Å². The van der Waals surface area contributed by atoms with Crippen molar-refractivity contribution in [2.75, 3.05) is 19.0 Å². The van der Waals surface area contributed by atoms with Crippen molar-refractivity contribution in [1.29, 1.82) is 0 Å². The van der Waals surface area contributed by atoms with Crippen molar-refractivity contribution in [3.63, 3.8) is 0 Å². The summed E-state index contributed by atoms with van der Waals surface area (Å²) in [6.07, 6.45) is 0.195. The molecule has 2 rings (SSSR count). The third-order valence-electron chi connectivity index (χ3n) is 3.90. The number of hydrogen-bond donors (Lipinski definition) is 3. The second kappa shape index (κ2) is 9.46. The van der Waals surface area contributed by atoms with Crippen LogP contribution in [0.5, 0.6) is 5.75 Å². The minimum atomic E-state index is -0.336. The number of amides is 3. The first kappa shape index (κ1) is 19.3. The lowest BCUT2D eigenvalue weighted by Crippen LogP contribution is -2.34. The highest BCUT2D eigenvalue weighted by Crippen LogP contribution is 2.26. The molecule has 0 radical (unpaired) electrons. The Morgan fingerprint density at radius 2 is 1.85 bits per heavy atom. The van der Waals surface area contributed by atoms with Gasteiger partial charge in [-0.25, -0.2) is 4.79 Å². The molecular formula is C20H25N3O3. The molecule has 6 heteroatoms. The monoisotopic (exact) mass is 355 g/mol. The number of anilines is 1. The molecule has 0 saturated heterocycles. The topological polar surface area (TPSA) is 79.5 Å². The van der Waals surface area contributed by atoms with Crippen LogP contribution in [0, 0.1) is 6.92 Å². The van der Waals surface area contributed by atoms with E-state index in [1.165, 1.54) is 0 Å². The molecule has 0 aliphatic carbocycles. The number of carbonyl (C=O) groups is 2. The van der Waals surface area contributed by atoms with Gasteiger partial charge in [-0.15, -0.1) is 0 Å². The van der Waals surface area contributed by atoms with Gasteiger partial charge in [0.25, 0.3) is 0 Å². The van der Waals surface area contributed by atoms with Crippen LogP contribution in [0.4, 0.5) is 10.5 Å². The Balaban J connectivity index is 1.78. The summed E-state index contributed by atoms with van der Waals surface area (Å²) in [6.45, 7) is 4.15. The van der Waals surface area contributed by atoms with E-state index in [1.807, 2.05) is 50.2 Å². The Bertz CT molecular complexity index is 747. The van der Waals surface area contributed by atoms with E-state index in [9.17, 15) is 9.59 Å². The highest BCUT2D eigenvalue weighted by molar-refractivity contribution is 5.89. The highest BCUT2D eigenvalue weighted by atomic mass is 16.5. The zero-order valence-corrected chi connectivity index (χ0v) is 15.3. The summed E-state index contributed by atoms with van der Waals surface area (Å²) in [5.74, 6) is 0.602. The average Bonchev–Trinajstić information content (AvgIpc) is 2.62. The van der Waals surface area contributed by atoms with E-state index < -0.39 is 0 Å². The lowest BCUT2D eigenvalue weighted by atomic mass is 10.0. The van der Waals surface area contributed by atoms with Crippen LogP contribution in [0.2, 0.25) is 0 Å². The van der Waals surface area contributed by atoms with Gasteiger partial charge in [-0.3, -0.25) is 4.79 Å². The largest absolute Gasteiger partial charge is 0.496 e. The molecule has 0 saturated carbocycles. The summed E-state index contributed by atoms with van der Waals surface area (Å²) >= 11 is 0. The first-order valence-corrected chi connectivity index (χ1v) is 8.53. The van der Waals surface area contributed by atoms with E-state index in [2.05, 4.69) is 16.0 Å². The number of nitrogens with one attached hydrogen (secondary N) is 3. The van der Waals surface area contributed by atoms with Gasteiger partial charge >= 0.3 is 6.03 Å². The molecule has 0 aliphatic rings. The maximum absolute atomic E-state index is 12.1. The van der Waals surface area contributed by atoms with Crippen LogP contribution in [0.1, 0.15) is 30.5 Å². The zero-order chi connectivity index (χ0) is 18.9. The zero-order valence-electron chi connectivity index (χ0n) is 15.3. The summed E-state index contributed by atoms with van der Waals surface area (Å²) in [7, 11) is 1.61. The minimum absolute atomic E-state index is 0.138. The molecule has 0 fully saturated rings. The van der Waals surface area contributed by atoms with Gasteiger partial charge in [0.1, 0.15) is 5.75 Å². The van der Waals surface area contributed by atoms with Gasteiger partial charge in [0.15, 0.2) is 0 Å². The summed E-state index contributed by atoms with van der Waals surface area (Å²) in [5, 5.41) is 8.31. The highest BCUT2D eigenvalue weighted by Gasteiger charge is 2.14. The van der Waals surface area contributed by atoms with Crippen LogP contribution in [0.15, 0.2) is 48.5 Å². The first-order chi connectivity index (χ1) is 12.5. The SMILES string of the molecule is COc1ccc(C)cc1[C@H](C)NC(=O)CCNC(=O)Nc1ccccc1. The molecule has 26 heavy (non-hydrogen) atoms. The van der Waals surface area contributed by atoms with Crippen molar-refractivity contribution in [2.45, 2.75) is 26.3 Å². The summed E-state index contributed by atoms with van der Waals surface area (Å²) in [4.78, 5) is 23.9. The van der Waals surface area contributed by atoms with Gasteiger partial charge < -0.3 is 20.7 Å². The molecule has 0 aromatic heterocycles. The van der Waals surface area contributed by atoms with Crippen LogP contribution in [0.3, 0.4) is 0 Å². The number of methoxy groups -OCH3 is 1. The Hall–Kier alpha value is -3.02. The minimum Gasteiger partial charge on any atom is -0.496 e. The van der Waals surface area contributed by atoms with Crippen LogP contribution in [0.25, 0.3) is 0 Å². The van der Waals surface area contributed by atoms with Crippen molar-refractivity contribution in [2.24, 2.45) is 0 Å². The van der Waals surface area contributed by atoms with Crippen molar-refractivity contribution < 1.29 is 14.3 Å². The normalized spacial score (nSPS) is 11.3. The molecule has 138 valence electrons. The number of benzene rings is 2. The van der Waals surface area contributed by atoms with Crippen LogP contribution < -0.4 is 20.7 Å². The molecule has 6 nitrogen and oxygen atoms in total. The Morgan fingerprint density at radius 1 is 1.12 bits per heavy atom. The summed E-state index contributed by atoms with van der Waals surface area (Å²) in [6, 6.07) is 14.5. The van der Waals surface area contributed by atoms with Crippen LogP contribution in [-0.2, 0) is 4.79 Å². The number of urea groups is 1. The standard InChI is InChI=1S/C20H25N3O3/c1-14-9-10-18(26-3)17(13-14)15(2)22-19(24)11-12-21-20(25)23-16-7-5-4-6-8-16/h4-10,13,15H,11-12H2,1-3H3,(H,22,24)(H2,21,23,25)/t15-/m0/s1. The van der Waals surface area contributed by atoms with Gasteiger partial charge in [0.05, 0.1) is 13.2 Å². The van der Waals surface area contributed by atoms with Crippen molar-refractivity contribution >= 4 is 17.6 Å². The van der Waals surface area contributed by atoms with Crippen molar-refractivity contribution in [3.8, 4) is 5.75 Å². The summed E-state index contributed by atoms with van der Waals surface area (Å²) < 4.78 is 5.36. The second-order valence-electron chi connectivity index (χ2n) is 6.03. The molecule has 0 bridgehead atoms. The third-order valence-corrected chi connectivity index (χ3v) is 3.90. The fourth-order valence-electron chi connectivity index (χ4n) is 2.57. The van der Waals surface area contributed by atoms with Gasteiger partial charge in [-0.05, 0) is 32.0 Å². The number of aryl methyl sites for hydroxylation is 1. The first-order valence-electron chi connectivity index (χ1n) is 8.53. The maximum Gasteiger partial charge on any atom is 0.319 e. The molecule has 2 aromatic carbocycles. The van der Waals surface area contributed by atoms with E-state index in [0.717, 1.165) is 16.9 Å². The van der Waals surface area contributed by atoms with E-state index in [4.69, 9.17) is 4.74 Å². The molecule has 0 unspecified atom stereocenters. The lowest BCUT2D eigenvalue weighted by Gasteiger charge is -2.18. The van der Waals surface area contributed by atoms with Gasteiger partial charge in [0, 0.05) is 24.2 Å². The quantitative estimate of drug-likeness (QED) is 0.712. The number of ether oxygens (including phenoxy) is 1. The van der Waals surface area contributed by atoms with E-state index >= 15 is 0 Å². The van der Waals surface area contributed by atoms with Crippen LogP contribution in [-0.4, -0.2) is 25.6 Å². The Morgan fingerprint density at radius 3 is 2.54 bits per heavy atom. The van der Waals surface area contributed by atoms with E-state index in [1.54, 1.807) is 19.2 Å². The number of hydrogen-bond acceptors (Lipinski definition) is 3. The maximum atomic E-state index is 12.1. The molecule has 1 atom stereocenters. The van der Waals surface area contributed by atoms with Gasteiger partial charge in [-0.1, -0.05) is 35.9 Å². The average molecular weight is 355 g/mol. The van der Waals surface area contributed by atoms with Gasteiger partial charge in [0.2, 0.25) is 5.91 Å². The molecule has 0 heterocycles. The smallest absolute Gasteiger partial charge is 0.319 e. The number of carbonyl (C=O) groups excluding carboxylic acids is 2. The summed E-state index contributed by atoms with van der Waals surface area (Å²) in [5.41, 5.74) is 2.73. The molecule has 0 spiro atoms. The fraction of sp³-hybridized carbons (Fsp3) is 0.300. The molecule has 0 aliphatic heterocycles. The predicted octanol–water partition coefficient (Wildman–Crippen LogP) is 3.39. The predicted molar refractivity (Wildman–Crippen MR) is 102 cm³/mol. The Labute approximate surface area is 153 Å². The van der Waals surface area contributed by atoms with Crippen LogP contribution >= 0.6 is 0 Å². The van der Waals surface area contributed by atoms with Crippen molar-refractivity contribution in [1.82, 2.24) is 10.6 Å². The number of para-hydroxylation sites is 1. The third kappa shape index (κ3) is 5.81. The van der Waals surface area contributed by atoms with Crippen molar-refractivity contribution in [3.05, 3.63) is 59.7 Å². The molecular weight excluding hydrogens is 330 g/mol. The molecule has 2 aromatic rings.